The summed E-state index contributed by atoms with van der Waals surface area (Å²) < 4.78 is 5.26. The molecule has 1 N–H and O–H groups in total. The first kappa shape index (κ1) is 17.5. The quantitative estimate of drug-likeness (QED) is 0.828. The van der Waals surface area contributed by atoms with Crippen LogP contribution < -0.4 is 5.32 Å². The normalized spacial score (nSPS) is 17.4. The van der Waals surface area contributed by atoms with Crippen molar-refractivity contribution < 1.29 is 9.32 Å². The van der Waals surface area contributed by atoms with Crippen molar-refractivity contribution in [2.45, 2.75) is 26.4 Å². The Hall–Kier alpha value is -2.32. The lowest BCUT2D eigenvalue weighted by atomic mass is 10.2. The fraction of sp³-hybridized carbons (Fsp3) is 0.529. The zero-order chi connectivity index (χ0) is 17.6. The number of carbonyl (C=O) groups excluding carboxylic acids is 1. The van der Waals surface area contributed by atoms with Crippen LogP contribution in [0.4, 0.5) is 0 Å². The topological polar surface area (TPSA) is 87.4 Å². The Morgan fingerprint density at radius 2 is 2.12 bits per heavy atom. The highest BCUT2D eigenvalue weighted by molar-refractivity contribution is 5.77. The first-order valence-corrected chi connectivity index (χ1v) is 8.55. The average molecular weight is 344 g/mol. The second-order valence-corrected chi connectivity index (χ2v) is 6.27. The van der Waals surface area contributed by atoms with Gasteiger partial charge in [-0.05, 0) is 26.0 Å². The number of pyridine rings is 1. The summed E-state index contributed by atoms with van der Waals surface area (Å²) in [5.41, 5.74) is 0.865. The predicted molar refractivity (Wildman–Crippen MR) is 91.5 cm³/mol. The zero-order valence-electron chi connectivity index (χ0n) is 14.7. The summed E-state index contributed by atoms with van der Waals surface area (Å²) in [6.07, 6.45) is 1.73. The summed E-state index contributed by atoms with van der Waals surface area (Å²) in [5, 5.41) is 6.77. The molecule has 0 aromatic carbocycles. The van der Waals surface area contributed by atoms with Gasteiger partial charge in [0.2, 0.25) is 11.8 Å². The van der Waals surface area contributed by atoms with Crippen LogP contribution >= 0.6 is 0 Å². The van der Waals surface area contributed by atoms with Crippen LogP contribution in [0.15, 0.2) is 28.9 Å². The number of nitrogens with one attached hydrogen (secondary N) is 1. The molecule has 3 rings (SSSR count). The third kappa shape index (κ3) is 4.83. The van der Waals surface area contributed by atoms with Gasteiger partial charge in [-0.2, -0.15) is 4.98 Å². The van der Waals surface area contributed by atoms with Crippen LogP contribution in [0.1, 0.15) is 30.4 Å². The molecule has 1 atom stereocenters. The molecule has 1 fully saturated rings. The molecule has 1 unspecified atom stereocenters. The highest BCUT2D eigenvalue weighted by Gasteiger charge is 2.26. The third-order valence-electron chi connectivity index (χ3n) is 4.42. The molecule has 3 heterocycles. The number of carbonyl (C=O) groups is 1. The standard InChI is InChI=1S/C17H24N6O2/c1-13(17-20-14(2)21-25-17)23-9-7-22(8-10-23)12-16(24)19-11-15-5-3-4-6-18-15/h3-6,13H,7-12H2,1-2H3,(H,19,24). The van der Waals surface area contributed by atoms with Crippen molar-refractivity contribution in [1.82, 2.24) is 30.2 Å². The van der Waals surface area contributed by atoms with Crippen LogP contribution in [0, 0.1) is 6.92 Å². The van der Waals surface area contributed by atoms with Gasteiger partial charge < -0.3 is 9.84 Å². The summed E-state index contributed by atoms with van der Waals surface area (Å²) in [5.74, 6) is 1.34. The molecule has 1 saturated heterocycles. The van der Waals surface area contributed by atoms with E-state index in [-0.39, 0.29) is 11.9 Å². The number of hydrogen-bond acceptors (Lipinski definition) is 7. The van der Waals surface area contributed by atoms with E-state index < -0.39 is 0 Å². The summed E-state index contributed by atoms with van der Waals surface area (Å²) in [6.45, 7) is 8.19. The molecule has 0 saturated carbocycles. The van der Waals surface area contributed by atoms with Crippen molar-refractivity contribution in [2.75, 3.05) is 32.7 Å². The molecule has 25 heavy (non-hydrogen) atoms. The molecule has 0 bridgehead atoms. The molecule has 8 nitrogen and oxygen atoms in total. The highest BCUT2D eigenvalue weighted by Crippen LogP contribution is 2.19. The summed E-state index contributed by atoms with van der Waals surface area (Å²) in [7, 11) is 0. The largest absolute Gasteiger partial charge is 0.349 e. The van der Waals surface area contributed by atoms with E-state index in [1.807, 2.05) is 25.1 Å². The molecule has 0 radical (unpaired) electrons. The van der Waals surface area contributed by atoms with Gasteiger partial charge in [0.15, 0.2) is 5.82 Å². The molecule has 0 aliphatic carbocycles. The Labute approximate surface area is 147 Å². The summed E-state index contributed by atoms with van der Waals surface area (Å²) >= 11 is 0. The average Bonchev–Trinajstić information content (AvgIpc) is 3.07. The lowest BCUT2D eigenvalue weighted by Gasteiger charge is -2.36. The van der Waals surface area contributed by atoms with Crippen LogP contribution in [0.3, 0.4) is 0 Å². The Morgan fingerprint density at radius 3 is 2.76 bits per heavy atom. The van der Waals surface area contributed by atoms with Crippen LogP contribution in [0.2, 0.25) is 0 Å². The smallest absolute Gasteiger partial charge is 0.243 e. The van der Waals surface area contributed by atoms with Crippen LogP contribution in [-0.2, 0) is 11.3 Å². The summed E-state index contributed by atoms with van der Waals surface area (Å²) in [4.78, 5) is 25.1. The van der Waals surface area contributed by atoms with E-state index in [1.165, 1.54) is 0 Å². The first-order valence-electron chi connectivity index (χ1n) is 8.55. The van der Waals surface area contributed by atoms with E-state index in [1.54, 1.807) is 6.20 Å². The zero-order valence-corrected chi connectivity index (χ0v) is 14.7. The Kier molecular flexibility index (Phi) is 5.72. The van der Waals surface area contributed by atoms with E-state index in [0.29, 0.717) is 24.8 Å². The monoisotopic (exact) mass is 344 g/mol. The van der Waals surface area contributed by atoms with Gasteiger partial charge >= 0.3 is 0 Å². The van der Waals surface area contributed by atoms with Crippen LogP contribution in [0.5, 0.6) is 0 Å². The van der Waals surface area contributed by atoms with Gasteiger partial charge in [-0.1, -0.05) is 11.2 Å². The van der Waals surface area contributed by atoms with E-state index in [9.17, 15) is 4.79 Å². The molecule has 8 heteroatoms. The van der Waals surface area contributed by atoms with Gasteiger partial charge in [-0.15, -0.1) is 0 Å². The van der Waals surface area contributed by atoms with Crippen molar-refractivity contribution >= 4 is 5.91 Å². The number of aromatic nitrogens is 3. The molecule has 1 aliphatic rings. The van der Waals surface area contributed by atoms with Crippen molar-refractivity contribution in [1.29, 1.82) is 0 Å². The summed E-state index contributed by atoms with van der Waals surface area (Å²) in [6, 6.07) is 5.78. The van der Waals surface area contributed by atoms with Gasteiger partial charge in [0, 0.05) is 32.4 Å². The first-order chi connectivity index (χ1) is 12.1. The second kappa shape index (κ2) is 8.17. The lowest BCUT2D eigenvalue weighted by Crippen LogP contribution is -2.49. The van der Waals surface area contributed by atoms with E-state index >= 15 is 0 Å². The number of amides is 1. The van der Waals surface area contributed by atoms with Crippen molar-refractivity contribution in [2.24, 2.45) is 0 Å². The molecule has 1 aliphatic heterocycles. The maximum absolute atomic E-state index is 12.1. The molecule has 2 aromatic rings. The van der Waals surface area contributed by atoms with Crippen molar-refractivity contribution in [3.8, 4) is 0 Å². The number of nitrogens with zero attached hydrogens (tertiary/aromatic N) is 5. The maximum atomic E-state index is 12.1. The SMILES string of the molecule is Cc1noc(C(C)N2CCN(CC(=O)NCc3ccccn3)CC2)n1. The van der Waals surface area contributed by atoms with Gasteiger partial charge in [0.05, 0.1) is 24.8 Å². The highest BCUT2D eigenvalue weighted by atomic mass is 16.5. The predicted octanol–water partition coefficient (Wildman–Crippen LogP) is 0.768. The minimum Gasteiger partial charge on any atom is -0.349 e. The Morgan fingerprint density at radius 1 is 1.32 bits per heavy atom. The van der Waals surface area contributed by atoms with Gasteiger partial charge in [0.1, 0.15) is 0 Å². The molecule has 0 spiro atoms. The molecule has 134 valence electrons. The Bertz CT molecular complexity index is 681. The second-order valence-electron chi connectivity index (χ2n) is 6.27. The minimum atomic E-state index is 0.0275. The van der Waals surface area contributed by atoms with Crippen molar-refractivity contribution in [3.63, 3.8) is 0 Å². The minimum absolute atomic E-state index is 0.0275. The fourth-order valence-electron chi connectivity index (χ4n) is 2.90. The van der Waals surface area contributed by atoms with E-state index in [4.69, 9.17) is 4.52 Å². The number of piperazine rings is 1. The third-order valence-corrected chi connectivity index (χ3v) is 4.42. The number of hydrogen-bond donors (Lipinski definition) is 1. The van der Waals surface area contributed by atoms with Gasteiger partial charge in [-0.25, -0.2) is 0 Å². The van der Waals surface area contributed by atoms with Gasteiger partial charge in [0.25, 0.3) is 0 Å². The number of rotatable bonds is 6. The van der Waals surface area contributed by atoms with E-state index in [2.05, 4.69) is 37.2 Å². The molecule has 1 amide bonds. The maximum Gasteiger partial charge on any atom is 0.243 e. The molecular formula is C17H24N6O2. The Balaban J connectivity index is 1.40. The van der Waals surface area contributed by atoms with Crippen molar-refractivity contribution in [3.05, 3.63) is 41.8 Å². The number of aryl methyl sites for hydroxylation is 1. The van der Waals surface area contributed by atoms with E-state index in [0.717, 1.165) is 31.9 Å². The van der Waals surface area contributed by atoms with Gasteiger partial charge in [-0.3, -0.25) is 19.6 Å². The lowest BCUT2D eigenvalue weighted by molar-refractivity contribution is -0.122. The molecular weight excluding hydrogens is 320 g/mol. The van der Waals surface area contributed by atoms with Crippen LogP contribution in [0.25, 0.3) is 0 Å². The fourth-order valence-corrected chi connectivity index (χ4v) is 2.90. The van der Waals surface area contributed by atoms with Crippen LogP contribution in [-0.4, -0.2) is 63.6 Å². The molecule has 2 aromatic heterocycles.